The summed E-state index contributed by atoms with van der Waals surface area (Å²) in [6.07, 6.45) is 0. The summed E-state index contributed by atoms with van der Waals surface area (Å²) in [5, 5.41) is 4.39. The van der Waals surface area contributed by atoms with Crippen LogP contribution in [0.5, 0.6) is 0 Å². The van der Waals surface area contributed by atoms with Crippen molar-refractivity contribution in [3.8, 4) is 22.3 Å². The van der Waals surface area contributed by atoms with Gasteiger partial charge in [0.2, 0.25) is 0 Å². The summed E-state index contributed by atoms with van der Waals surface area (Å²) < 4.78 is 19.2. The van der Waals surface area contributed by atoms with Gasteiger partial charge in [0.05, 0.1) is 32.8 Å². The fourth-order valence-electron chi connectivity index (χ4n) is 7.82. The van der Waals surface area contributed by atoms with Crippen molar-refractivity contribution in [1.29, 1.82) is 0 Å². The van der Waals surface area contributed by atoms with Crippen LogP contribution in [-0.4, -0.2) is 8.80 Å². The van der Waals surface area contributed by atoms with Gasteiger partial charge in [0.15, 0.2) is 22.3 Å². The Bertz CT molecular complexity index is 2800. The van der Waals surface area contributed by atoms with Crippen molar-refractivity contribution >= 4 is 77.0 Å². The van der Waals surface area contributed by atoms with Gasteiger partial charge in [0, 0.05) is 21.9 Å². The number of para-hydroxylation sites is 4. The number of hydrogen-bond donors (Lipinski definition) is 0. The molecule has 0 radical (unpaired) electrons. The van der Waals surface area contributed by atoms with Crippen LogP contribution in [0.3, 0.4) is 0 Å². The first-order valence-electron chi connectivity index (χ1n) is 15.6. The normalized spacial score (nSPS) is 12.3. The lowest BCUT2D eigenvalue weighted by Gasteiger charge is -2.14. The second-order valence-corrected chi connectivity index (χ2v) is 12.1. The molecule has 4 aromatic heterocycles. The molecule has 0 aliphatic heterocycles. The number of nitrogens with zero attached hydrogens (tertiary/aromatic N) is 2. The molecule has 11 rings (SSSR count). The van der Waals surface area contributed by atoms with E-state index in [9.17, 15) is 0 Å². The zero-order chi connectivity index (χ0) is 29.9. The molecule has 0 saturated carbocycles. The maximum Gasteiger partial charge on any atom is 0.162 e. The van der Waals surface area contributed by atoms with E-state index in [1.807, 2.05) is 0 Å². The van der Waals surface area contributed by atoms with Crippen LogP contribution in [0.4, 0.5) is 0 Å². The molecule has 0 fully saturated rings. The van der Waals surface area contributed by atoms with E-state index in [0.717, 1.165) is 99.2 Å². The highest BCUT2D eigenvalue weighted by atomic mass is 16.3. The van der Waals surface area contributed by atoms with Crippen LogP contribution in [0.2, 0.25) is 0 Å². The number of benzene rings is 7. The van der Waals surface area contributed by atoms with E-state index < -0.39 is 0 Å². The summed E-state index contributed by atoms with van der Waals surface area (Å²) in [6, 6.07) is 51.2. The second-order valence-electron chi connectivity index (χ2n) is 12.1. The molecular weight excluding hydrogens is 564 g/mol. The van der Waals surface area contributed by atoms with E-state index in [4.69, 9.17) is 8.83 Å². The van der Waals surface area contributed by atoms with Gasteiger partial charge < -0.3 is 17.6 Å². The summed E-state index contributed by atoms with van der Waals surface area (Å²) >= 11 is 0. The minimum Gasteiger partial charge on any atom is -0.452 e. The first kappa shape index (κ1) is 24.1. The van der Waals surface area contributed by atoms with Crippen molar-refractivity contribution < 1.29 is 8.83 Å². The lowest BCUT2D eigenvalue weighted by Crippen LogP contribution is -1.95. The number of fused-ring (bicyclic) bond motifs is 12. The zero-order valence-corrected chi connectivity index (χ0v) is 24.6. The van der Waals surface area contributed by atoms with Gasteiger partial charge in [-0.15, -0.1) is 0 Å². The van der Waals surface area contributed by atoms with Crippen molar-refractivity contribution in [2.24, 2.45) is 0 Å². The maximum atomic E-state index is 7.21. The van der Waals surface area contributed by atoms with Crippen LogP contribution in [-0.2, 0) is 0 Å². The van der Waals surface area contributed by atoms with Gasteiger partial charge in [0.25, 0.3) is 0 Å². The fraction of sp³-hybridized carbons (Fsp3) is 0. The predicted octanol–water partition coefficient (Wildman–Crippen LogP) is 11.6. The lowest BCUT2D eigenvalue weighted by atomic mass is 10.0. The highest BCUT2D eigenvalue weighted by Gasteiger charge is 2.28. The molecule has 214 valence electrons. The fourth-order valence-corrected chi connectivity index (χ4v) is 7.82. The molecule has 4 heterocycles. The van der Waals surface area contributed by atoms with E-state index >= 15 is 0 Å². The molecule has 46 heavy (non-hydrogen) atoms. The predicted molar refractivity (Wildman–Crippen MR) is 189 cm³/mol. The van der Waals surface area contributed by atoms with E-state index in [2.05, 4.69) is 154 Å². The van der Waals surface area contributed by atoms with Crippen LogP contribution in [0.15, 0.2) is 154 Å². The Labute approximate surface area is 261 Å². The molecule has 4 heteroatoms. The first-order chi connectivity index (χ1) is 22.9. The Morgan fingerprint density at radius 3 is 1.17 bits per heavy atom. The average Bonchev–Trinajstić information content (AvgIpc) is 3.66. The van der Waals surface area contributed by atoms with Crippen molar-refractivity contribution in [1.82, 2.24) is 8.80 Å². The van der Waals surface area contributed by atoms with E-state index in [0.29, 0.717) is 0 Å². The SMILES string of the molecule is c1ccc(-c2cccc3c2oc2c4c5ccccc5n5c6cccc(-c7ccccc7)c6oc(c6c7ccccc7n3c26)c45)cc1. The van der Waals surface area contributed by atoms with Gasteiger partial charge in [-0.1, -0.05) is 121 Å². The van der Waals surface area contributed by atoms with Crippen molar-refractivity contribution in [3.63, 3.8) is 0 Å². The Morgan fingerprint density at radius 2 is 0.717 bits per heavy atom. The molecule has 0 saturated heterocycles. The number of hydrogen-bond acceptors (Lipinski definition) is 2. The summed E-state index contributed by atoms with van der Waals surface area (Å²) in [5.41, 5.74) is 14.2. The zero-order valence-electron chi connectivity index (χ0n) is 24.6. The molecular formula is C42H24N2O2. The number of aromatic nitrogens is 2. The molecule has 7 aromatic carbocycles. The van der Waals surface area contributed by atoms with Crippen molar-refractivity contribution in [2.75, 3.05) is 0 Å². The minimum absolute atomic E-state index is 0.861. The summed E-state index contributed by atoms with van der Waals surface area (Å²) in [7, 11) is 0. The molecule has 0 bridgehead atoms. The van der Waals surface area contributed by atoms with Gasteiger partial charge in [0.1, 0.15) is 11.0 Å². The molecule has 0 unspecified atom stereocenters. The van der Waals surface area contributed by atoms with Crippen LogP contribution in [0.25, 0.3) is 99.2 Å². The summed E-state index contributed by atoms with van der Waals surface area (Å²) in [6.45, 7) is 0. The number of rotatable bonds is 2. The Balaban J connectivity index is 1.47. The minimum atomic E-state index is 0.861. The molecule has 0 amide bonds. The van der Waals surface area contributed by atoms with Crippen molar-refractivity contribution in [2.45, 2.75) is 0 Å². The van der Waals surface area contributed by atoms with Gasteiger partial charge in [-0.25, -0.2) is 0 Å². The van der Waals surface area contributed by atoms with Gasteiger partial charge in [-0.3, -0.25) is 0 Å². The highest BCUT2D eigenvalue weighted by Crippen LogP contribution is 2.48. The molecule has 0 atom stereocenters. The molecule has 0 spiro atoms. The Hall–Kier alpha value is -6.26. The maximum absolute atomic E-state index is 7.21. The van der Waals surface area contributed by atoms with E-state index in [-0.39, 0.29) is 0 Å². The Kier molecular flexibility index (Phi) is 4.55. The quantitative estimate of drug-likeness (QED) is 0.188. The summed E-state index contributed by atoms with van der Waals surface area (Å²) in [4.78, 5) is 0. The summed E-state index contributed by atoms with van der Waals surface area (Å²) in [5.74, 6) is 0. The molecule has 11 aromatic rings. The van der Waals surface area contributed by atoms with Crippen LogP contribution in [0, 0.1) is 0 Å². The van der Waals surface area contributed by atoms with E-state index in [1.54, 1.807) is 0 Å². The van der Waals surface area contributed by atoms with Gasteiger partial charge >= 0.3 is 0 Å². The molecule has 0 N–H and O–H groups in total. The van der Waals surface area contributed by atoms with Crippen LogP contribution < -0.4 is 0 Å². The largest absolute Gasteiger partial charge is 0.452 e. The third kappa shape index (κ3) is 2.94. The Morgan fingerprint density at radius 1 is 0.326 bits per heavy atom. The molecule has 0 aliphatic carbocycles. The molecule has 4 nitrogen and oxygen atoms in total. The molecule has 0 aliphatic rings. The second kappa shape index (κ2) is 8.68. The first-order valence-corrected chi connectivity index (χ1v) is 15.6. The van der Waals surface area contributed by atoms with E-state index in [1.165, 1.54) is 0 Å². The smallest absolute Gasteiger partial charge is 0.162 e. The topological polar surface area (TPSA) is 35.1 Å². The van der Waals surface area contributed by atoms with Crippen LogP contribution in [0.1, 0.15) is 0 Å². The monoisotopic (exact) mass is 588 g/mol. The third-order valence-corrected chi connectivity index (χ3v) is 9.68. The average molecular weight is 589 g/mol. The van der Waals surface area contributed by atoms with Gasteiger partial charge in [-0.05, 0) is 35.4 Å². The van der Waals surface area contributed by atoms with Gasteiger partial charge in [-0.2, -0.15) is 0 Å². The lowest BCUT2D eigenvalue weighted by molar-refractivity contribution is 0.654. The van der Waals surface area contributed by atoms with Crippen LogP contribution >= 0.6 is 0 Å². The highest BCUT2D eigenvalue weighted by molar-refractivity contribution is 6.35. The standard InChI is InChI=1S/C42H24N2O2/c1-3-13-25(14-4-1)27-19-11-23-33-39(27)45-41-35-30-18-8-10-22-32(30)44-34-24-12-20-28(26-15-5-2-6-16-26)40(34)46-42(38(35)44)36-29-17-7-9-21-31(29)43(33)37(36)41/h1-24H. The third-order valence-electron chi connectivity index (χ3n) is 9.68. The van der Waals surface area contributed by atoms with Crippen molar-refractivity contribution in [3.05, 3.63) is 146 Å².